The van der Waals surface area contributed by atoms with E-state index in [9.17, 15) is 19.0 Å². The molecule has 0 bridgehead atoms. The number of hydrogen-bond donors (Lipinski definition) is 1. The maximum absolute atomic E-state index is 13.4. The van der Waals surface area contributed by atoms with Crippen LogP contribution < -0.4 is 10.2 Å². The lowest BCUT2D eigenvalue weighted by atomic mass is 10.0. The number of nitrogens with zero attached hydrogens (tertiary/aromatic N) is 1. The van der Waals surface area contributed by atoms with E-state index in [4.69, 9.17) is 13.8 Å². The number of phosphoric acid groups is 1. The van der Waals surface area contributed by atoms with Crippen molar-refractivity contribution < 1.29 is 37.3 Å². The molecule has 9 nitrogen and oxygen atoms in total. The van der Waals surface area contributed by atoms with E-state index in [1.807, 2.05) is 33.3 Å². The lowest BCUT2D eigenvalue weighted by molar-refractivity contribution is -0.870. The number of carbonyl (C=O) groups excluding carboxylic acids is 2. The quantitative estimate of drug-likeness (QED) is 0.0161. The molecule has 1 N–H and O–H groups in total. The molecule has 388 valence electrons. The highest BCUT2D eigenvalue weighted by molar-refractivity contribution is 7.45. The van der Waals surface area contributed by atoms with Gasteiger partial charge in [-0.1, -0.05) is 210 Å². The molecule has 0 radical (unpaired) electrons. The van der Waals surface area contributed by atoms with Gasteiger partial charge in [-0.15, -0.1) is 0 Å². The number of hydrogen-bond acceptors (Lipinski definition) is 7. The van der Waals surface area contributed by atoms with E-state index in [1.54, 1.807) is 0 Å². The van der Waals surface area contributed by atoms with E-state index < -0.39 is 26.6 Å². The molecule has 0 aromatic carbocycles. The molecule has 0 fully saturated rings. The molecule has 0 heterocycles. The maximum Gasteiger partial charge on any atom is 0.306 e. The second kappa shape index (κ2) is 47.1. The first kappa shape index (κ1) is 64.5. The van der Waals surface area contributed by atoms with Gasteiger partial charge in [-0.3, -0.25) is 14.2 Å². The molecule has 0 saturated carbocycles. The first-order valence-electron chi connectivity index (χ1n) is 27.3. The van der Waals surface area contributed by atoms with Crippen LogP contribution in [0.3, 0.4) is 0 Å². The van der Waals surface area contributed by atoms with E-state index in [0.717, 1.165) is 96.3 Å². The maximum atomic E-state index is 13.4. The Morgan fingerprint density at radius 1 is 0.552 bits per heavy atom. The molecule has 0 aliphatic rings. The van der Waals surface area contributed by atoms with Crippen molar-refractivity contribution in [2.24, 2.45) is 0 Å². The predicted octanol–water partition coefficient (Wildman–Crippen LogP) is 15.5. The largest absolute Gasteiger partial charge is 0.756 e. The van der Waals surface area contributed by atoms with Gasteiger partial charge in [-0.05, 0) is 76.7 Å². The van der Waals surface area contributed by atoms with Gasteiger partial charge in [0.15, 0.2) is 0 Å². The average molecular weight is 959 g/mol. The third-order valence-electron chi connectivity index (χ3n) is 11.7. The molecule has 67 heavy (non-hydrogen) atoms. The van der Waals surface area contributed by atoms with Crippen LogP contribution in [0.25, 0.3) is 0 Å². The van der Waals surface area contributed by atoms with Crippen molar-refractivity contribution in [2.75, 3.05) is 40.9 Å². The predicted molar refractivity (Wildman–Crippen MR) is 284 cm³/mol. The van der Waals surface area contributed by atoms with Crippen LogP contribution in [0.2, 0.25) is 0 Å². The third-order valence-corrected chi connectivity index (χ3v) is 12.7. The van der Waals surface area contributed by atoms with Crippen LogP contribution in [0.15, 0.2) is 72.9 Å². The summed E-state index contributed by atoms with van der Waals surface area (Å²) in [6.07, 6.45) is 58.6. The van der Waals surface area contributed by atoms with Gasteiger partial charge in [-0.25, -0.2) is 0 Å². The van der Waals surface area contributed by atoms with Crippen molar-refractivity contribution in [3.05, 3.63) is 72.9 Å². The summed E-state index contributed by atoms with van der Waals surface area (Å²) < 4.78 is 30.2. The highest BCUT2D eigenvalue weighted by Gasteiger charge is 2.27. The normalized spacial score (nSPS) is 14.4. The number of esters is 1. The average Bonchev–Trinajstić information content (AvgIpc) is 3.28. The van der Waals surface area contributed by atoms with Crippen LogP contribution in [0, 0.1) is 0 Å². The number of ether oxygens (including phenoxy) is 1. The molecule has 0 spiro atoms. The molecular formula is C57H103N2O7P. The summed E-state index contributed by atoms with van der Waals surface area (Å²) in [5.74, 6) is -0.568. The highest BCUT2D eigenvalue weighted by atomic mass is 31.2. The summed E-state index contributed by atoms with van der Waals surface area (Å²) in [4.78, 5) is 39.8. The minimum atomic E-state index is -4.70. The van der Waals surface area contributed by atoms with Gasteiger partial charge >= 0.3 is 5.97 Å². The Hall–Kier alpha value is -2.55. The number of quaternary nitrogens is 1. The van der Waals surface area contributed by atoms with E-state index in [0.29, 0.717) is 23.9 Å². The van der Waals surface area contributed by atoms with E-state index >= 15 is 0 Å². The zero-order valence-electron chi connectivity index (χ0n) is 44.1. The molecular weight excluding hydrogens is 856 g/mol. The molecule has 1 amide bonds. The SMILES string of the molecule is CC/C=C/C=C/C=C/CCCCCCCCCC(=O)OC(/C=C/CCCCCCCCCCCC)C(COP(=O)([O-])OCC[N+](C)(C)C)NC(=O)CCCCCCCCC/C=C/C/C=C/CC. The van der Waals surface area contributed by atoms with Gasteiger partial charge in [-0.2, -0.15) is 0 Å². The molecule has 10 heteroatoms. The first-order chi connectivity index (χ1) is 32.4. The highest BCUT2D eigenvalue weighted by Crippen LogP contribution is 2.38. The fraction of sp³-hybridized carbons (Fsp3) is 0.754. The van der Waals surface area contributed by atoms with E-state index in [2.05, 4.69) is 86.8 Å². The van der Waals surface area contributed by atoms with Gasteiger partial charge in [0, 0.05) is 12.8 Å². The van der Waals surface area contributed by atoms with Crippen molar-refractivity contribution >= 4 is 19.7 Å². The topological polar surface area (TPSA) is 114 Å². The van der Waals surface area contributed by atoms with E-state index in [1.165, 1.54) is 89.9 Å². The second-order valence-electron chi connectivity index (χ2n) is 19.4. The van der Waals surface area contributed by atoms with Crippen molar-refractivity contribution in [1.29, 1.82) is 0 Å². The molecule has 0 aliphatic carbocycles. The van der Waals surface area contributed by atoms with Crippen LogP contribution in [0.1, 0.15) is 226 Å². The molecule has 0 aliphatic heterocycles. The number of nitrogens with one attached hydrogen (secondary N) is 1. The molecule has 0 rings (SSSR count). The van der Waals surface area contributed by atoms with Crippen LogP contribution in [-0.4, -0.2) is 69.4 Å². The number of likely N-dealkylation sites (N-methyl/N-ethyl adjacent to an activating group) is 1. The summed E-state index contributed by atoms with van der Waals surface area (Å²) in [5, 5.41) is 3.01. The Morgan fingerprint density at radius 2 is 1.03 bits per heavy atom. The van der Waals surface area contributed by atoms with Gasteiger partial charge in [0.05, 0.1) is 33.8 Å². The fourth-order valence-corrected chi connectivity index (χ4v) is 8.22. The van der Waals surface area contributed by atoms with Gasteiger partial charge in [0.1, 0.15) is 19.3 Å². The Kier molecular flexibility index (Phi) is 45.3. The molecule has 0 aromatic rings. The zero-order chi connectivity index (χ0) is 49.4. The number of amides is 1. The zero-order valence-corrected chi connectivity index (χ0v) is 45.0. The number of unbranched alkanes of at least 4 members (excludes halogenated alkanes) is 24. The Morgan fingerprint density at radius 3 is 1.58 bits per heavy atom. The van der Waals surface area contributed by atoms with Crippen LogP contribution >= 0.6 is 7.82 Å². The summed E-state index contributed by atoms with van der Waals surface area (Å²) in [6.45, 7) is 6.58. The van der Waals surface area contributed by atoms with Crippen molar-refractivity contribution in [1.82, 2.24) is 5.32 Å². The van der Waals surface area contributed by atoms with Gasteiger partial charge in [0.2, 0.25) is 5.91 Å². The Bertz CT molecular complexity index is 1380. The van der Waals surface area contributed by atoms with Gasteiger partial charge < -0.3 is 28.5 Å². The summed E-state index contributed by atoms with van der Waals surface area (Å²) in [6, 6.07) is -0.898. The van der Waals surface area contributed by atoms with Crippen molar-refractivity contribution in [2.45, 2.75) is 238 Å². The third kappa shape index (κ3) is 48.3. The second-order valence-corrected chi connectivity index (χ2v) is 20.8. The summed E-state index contributed by atoms with van der Waals surface area (Å²) >= 11 is 0. The smallest absolute Gasteiger partial charge is 0.306 e. The van der Waals surface area contributed by atoms with Crippen LogP contribution in [-0.2, 0) is 27.9 Å². The number of phosphoric ester groups is 1. The van der Waals surface area contributed by atoms with E-state index in [-0.39, 0.29) is 24.9 Å². The Labute approximate surface area is 413 Å². The summed E-state index contributed by atoms with van der Waals surface area (Å²) in [7, 11) is 1.16. The molecule has 3 unspecified atom stereocenters. The molecule has 3 atom stereocenters. The Balaban J connectivity index is 5.42. The minimum absolute atomic E-state index is 0.0287. The lowest BCUT2D eigenvalue weighted by Gasteiger charge is -2.30. The summed E-state index contributed by atoms with van der Waals surface area (Å²) in [5.41, 5.74) is 0. The lowest BCUT2D eigenvalue weighted by Crippen LogP contribution is -2.47. The van der Waals surface area contributed by atoms with Crippen LogP contribution in [0.4, 0.5) is 0 Å². The first-order valence-corrected chi connectivity index (χ1v) is 28.7. The molecule has 0 saturated heterocycles. The monoisotopic (exact) mass is 959 g/mol. The van der Waals surface area contributed by atoms with Gasteiger partial charge in [0.25, 0.3) is 7.82 Å². The number of allylic oxidation sites excluding steroid dienone is 11. The van der Waals surface area contributed by atoms with Crippen molar-refractivity contribution in [3.63, 3.8) is 0 Å². The number of carbonyl (C=O) groups is 2. The van der Waals surface area contributed by atoms with Crippen LogP contribution in [0.5, 0.6) is 0 Å². The fourth-order valence-electron chi connectivity index (χ4n) is 7.50. The number of rotatable bonds is 48. The van der Waals surface area contributed by atoms with Crippen molar-refractivity contribution in [3.8, 4) is 0 Å². The standard InChI is InChI=1S/C57H103N2O7P/c1-7-10-13-16-19-22-25-28-30-32-35-38-41-44-47-50-57(61)66-55(48-45-42-39-36-33-27-24-21-18-15-12-9-3)54(53-65-67(62,63)64-52-51-59(4,5)6)58-56(60)49-46-43-40-37-34-31-29-26-23-20-17-14-11-8-2/h10-11,13-14,16,19-20,22-23,25,45,48,54-55H,7-9,12,15,17-18,21,24,26-44,46-47,49-53H2,1-6H3,(H-,58,60,62,63)/b13-10+,14-11+,19-16+,23-20+,25-22+,48-45+. The molecule has 0 aromatic heterocycles. The minimum Gasteiger partial charge on any atom is -0.756 e.